The number of carboxylic acid groups (broad SMARTS) is 1. The van der Waals surface area contributed by atoms with Crippen LogP contribution in [0.4, 0.5) is 14.4 Å². The molecule has 4 saturated carbocycles. The largest absolute Gasteiger partial charge is 1.00 e. The summed E-state index contributed by atoms with van der Waals surface area (Å²) in [5, 5.41) is 46.1. The van der Waals surface area contributed by atoms with E-state index in [1.165, 1.54) is 51.4 Å². The number of rotatable bonds is 5. The van der Waals surface area contributed by atoms with Gasteiger partial charge in [-0.25, -0.2) is 14.4 Å². The second-order valence-corrected chi connectivity index (χ2v) is 33.2. The van der Waals surface area contributed by atoms with Crippen LogP contribution in [0, 0.1) is 70.0 Å². The van der Waals surface area contributed by atoms with Gasteiger partial charge in [-0.2, -0.15) is 10.5 Å². The third kappa shape index (κ3) is 30.4. The summed E-state index contributed by atoms with van der Waals surface area (Å²) in [5.41, 5.74) is 1.55. The molecule has 10 aliphatic rings. The molecular weight excluding hydrogens is 1340 g/mol. The number of nitrogens with zero attached hydrogens (tertiary/aromatic N) is 7. The summed E-state index contributed by atoms with van der Waals surface area (Å²) in [6.45, 7) is 30.1. The Morgan fingerprint density at radius 1 is 0.564 bits per heavy atom. The number of piperidine rings is 4. The molecule has 4 unspecified atom stereocenters. The van der Waals surface area contributed by atoms with Gasteiger partial charge in [0.1, 0.15) is 50.6 Å². The van der Waals surface area contributed by atoms with Gasteiger partial charge in [-0.15, -0.1) is 23.2 Å². The van der Waals surface area contributed by atoms with Crippen molar-refractivity contribution in [3.05, 3.63) is 5.90 Å². The van der Waals surface area contributed by atoms with E-state index in [-0.39, 0.29) is 90.2 Å². The van der Waals surface area contributed by atoms with Gasteiger partial charge in [0.05, 0.1) is 23.4 Å². The molecule has 4 aliphatic carbocycles. The molecule has 4 saturated heterocycles. The molecule has 570 valence electrons. The van der Waals surface area contributed by atoms with Crippen molar-refractivity contribution < 1.29 is 87.6 Å². The number of nitrogens with two attached hydrogens (primary N) is 1. The summed E-state index contributed by atoms with van der Waals surface area (Å²) >= 11 is 9.53. The third-order valence-electron chi connectivity index (χ3n) is 20.3. The zero-order chi connectivity index (χ0) is 74.2. The third-order valence-corrected chi connectivity index (χ3v) is 20.3. The van der Waals surface area contributed by atoms with Crippen LogP contribution >= 0.6 is 23.2 Å². The Morgan fingerprint density at radius 3 is 1.22 bits per heavy atom. The van der Waals surface area contributed by atoms with E-state index in [4.69, 9.17) is 74.6 Å². The zero-order valence-electron chi connectivity index (χ0n) is 62.9. The summed E-state index contributed by atoms with van der Waals surface area (Å²) < 4.78 is 16.1. The number of hydrogen-bond donors (Lipinski definition) is 7. The molecule has 9 N–H and O–H groups in total. The molecular formula is C73H126Cl2N13NaO12. The topological polar surface area (TPSA) is 368 Å². The van der Waals surface area contributed by atoms with Crippen LogP contribution < -0.4 is 56.6 Å². The van der Waals surface area contributed by atoms with Crippen molar-refractivity contribution in [3.8, 4) is 12.1 Å². The van der Waals surface area contributed by atoms with Crippen molar-refractivity contribution in [2.45, 2.75) is 290 Å². The number of amides is 6. The normalized spacial score (nSPS) is 26.9. The number of aliphatic carboxylic acids is 1. The standard InChI is InChI=1S/2C19H31N3O3.C14H23N3O.C11H19N3O2.C8H14O2.CH2Cl2.CH4.H2NO.Na/c1-13-6-5-7-14(12-13)15-20-16(23)19(21-15)8-10-22(11-9-19)17(24)25-18(2,3)4;1-14-6-5-7-15(12-14)16(23)21-19(13-20)8-10-22(11-9-19)17(24)25-18(2,3)4;1-10-3-2-4-11(9-10)12-16-13(18)14(17-12)5-7-15-8-6-14;1-10(2,3)16-9(15)14-6-4-11(13,8-12)5-7-14;1-6-3-2-4-7(5-6)8(9)10;2-1-3;;1-2;/h13-14H,5-12H2,1-4H3,(H,20,21,23);14-15H,5-12H2,1-4H3,(H,21,23);10-11,15H,2-9H2,1H3,(H,16,17,18);4-7,13H2,1-3H3;6-7H,2-5H2,1H3,(H,9,10);1H2;1H4;1-2H;/q;;;;;;;-1;+1/t13-,14+;;10-,11+;;;;;;/m1.1....../s1. The molecule has 0 bridgehead atoms. The molecule has 0 aromatic heterocycles. The maximum Gasteiger partial charge on any atom is 1.00 e. The summed E-state index contributed by atoms with van der Waals surface area (Å²) in [4.78, 5) is 98.7. The Hall–Kier alpha value is -4.57. The number of nitriles is 2. The first-order chi connectivity index (χ1) is 46.4. The van der Waals surface area contributed by atoms with Gasteiger partial charge in [0.15, 0.2) is 0 Å². The number of amidine groups is 2. The van der Waals surface area contributed by atoms with E-state index in [0.29, 0.717) is 107 Å². The van der Waals surface area contributed by atoms with Crippen LogP contribution in [0.2, 0.25) is 0 Å². The van der Waals surface area contributed by atoms with Crippen LogP contribution in [0.3, 0.4) is 0 Å². The zero-order valence-corrected chi connectivity index (χ0v) is 66.4. The molecule has 6 heterocycles. The quantitative estimate of drug-likeness (QED) is 0.0582. The minimum absolute atomic E-state index is 0. The van der Waals surface area contributed by atoms with Crippen LogP contribution in [0.15, 0.2) is 9.98 Å². The van der Waals surface area contributed by atoms with Crippen LogP contribution in [0.5, 0.6) is 0 Å². The molecule has 10 rings (SSSR count). The van der Waals surface area contributed by atoms with Gasteiger partial charge in [-0.3, -0.25) is 29.2 Å². The predicted octanol–water partition coefficient (Wildman–Crippen LogP) is 10.4. The molecule has 28 heteroatoms. The Balaban J connectivity index is 0.000000431. The van der Waals surface area contributed by atoms with Gasteiger partial charge in [0.2, 0.25) is 5.91 Å². The predicted molar refractivity (Wildman–Crippen MR) is 390 cm³/mol. The van der Waals surface area contributed by atoms with Gasteiger partial charge in [0.25, 0.3) is 11.8 Å². The monoisotopic (exact) mass is 1470 g/mol. The van der Waals surface area contributed by atoms with Gasteiger partial charge >= 0.3 is 53.8 Å². The first kappa shape index (κ1) is 92.5. The maximum atomic E-state index is 12.6. The molecule has 8 atom stereocenters. The first-order valence-electron chi connectivity index (χ1n) is 36.4. The van der Waals surface area contributed by atoms with Crippen molar-refractivity contribution >= 4 is 76.8 Å². The average Bonchev–Trinajstić information content (AvgIpc) is 1.69. The van der Waals surface area contributed by atoms with E-state index >= 15 is 0 Å². The second kappa shape index (κ2) is 42.5. The molecule has 0 aromatic carbocycles. The molecule has 25 nitrogen and oxygen atoms in total. The van der Waals surface area contributed by atoms with E-state index in [1.807, 2.05) is 62.3 Å². The summed E-state index contributed by atoms with van der Waals surface area (Å²) in [5.74, 6) is 9.69. The number of aliphatic imine (C=N–C) groups is 2. The summed E-state index contributed by atoms with van der Waals surface area (Å²) in [6, 6.07) is 4.38. The van der Waals surface area contributed by atoms with Crippen molar-refractivity contribution in [1.82, 2.24) is 36.0 Å². The van der Waals surface area contributed by atoms with Gasteiger partial charge in [0, 0.05) is 69.9 Å². The Kier molecular flexibility index (Phi) is 39.0. The van der Waals surface area contributed by atoms with Crippen LogP contribution in [0.25, 0.3) is 5.90 Å². The van der Waals surface area contributed by atoms with Crippen LogP contribution in [-0.2, 0) is 33.4 Å². The average molecular weight is 1470 g/mol. The van der Waals surface area contributed by atoms with Gasteiger partial charge in [-0.05, 0) is 189 Å². The summed E-state index contributed by atoms with van der Waals surface area (Å²) in [7, 11) is 0. The van der Waals surface area contributed by atoms with Gasteiger partial charge < -0.3 is 72.1 Å². The SMILES string of the molecule is C.CC(C)(C)OC(=O)N1CCC(N)(C#N)CC1.CC1CCCC(C(=O)NC2(C#N)CCN(C(=O)OC(C)(C)C)CC2)C1.CC1CCCC(C(=O)O)C1.C[C@@H]1CCC[C@H](C2=NC3(CCN(C(=O)OC(C)(C)C)CC3)C(=O)N2)C1.C[C@@H]1CCC[C@H](C2=NC3(CCNCC3)C(=O)N2)C1.ClCCl.[NH-]O.[Na+]. The van der Waals surface area contributed by atoms with Crippen molar-refractivity contribution in [2.24, 2.45) is 63.1 Å². The molecule has 2 spiro atoms. The fraction of sp³-hybridized carbons (Fsp3) is 0.849. The fourth-order valence-electron chi connectivity index (χ4n) is 14.6. The van der Waals surface area contributed by atoms with E-state index in [0.717, 1.165) is 94.9 Å². The minimum atomic E-state index is -0.865. The number of halogens is 2. The Morgan fingerprint density at radius 2 is 0.891 bits per heavy atom. The number of carbonyl (C=O) groups excluding carboxylic acids is 6. The summed E-state index contributed by atoms with van der Waals surface area (Å²) in [6.07, 6.45) is 21.6. The van der Waals surface area contributed by atoms with Crippen molar-refractivity contribution in [2.75, 3.05) is 57.7 Å². The number of hydrogen-bond acceptors (Lipinski definition) is 17. The molecule has 0 aromatic rings. The van der Waals surface area contributed by atoms with Crippen molar-refractivity contribution in [3.63, 3.8) is 0 Å². The van der Waals surface area contributed by atoms with Crippen LogP contribution in [0.1, 0.15) is 252 Å². The maximum absolute atomic E-state index is 12.6. The second-order valence-electron chi connectivity index (χ2n) is 32.4. The Labute approximate surface area is 636 Å². The van der Waals surface area contributed by atoms with E-state index in [2.05, 4.69) is 61.1 Å². The number of ether oxygens (including phenoxy) is 3. The minimum Gasteiger partial charge on any atom is -0.553 e. The molecule has 101 heavy (non-hydrogen) atoms. The molecule has 6 aliphatic heterocycles. The van der Waals surface area contributed by atoms with Crippen LogP contribution in [-0.4, -0.2) is 175 Å². The van der Waals surface area contributed by atoms with Gasteiger partial charge in [-0.1, -0.05) is 86.5 Å². The number of alkyl halides is 2. The Bertz CT molecular complexity index is 2790. The van der Waals surface area contributed by atoms with E-state index in [9.17, 15) is 38.8 Å². The fourth-order valence-corrected chi connectivity index (χ4v) is 14.6. The molecule has 8 fully saturated rings. The smallest absolute Gasteiger partial charge is 0.553 e. The number of likely N-dealkylation sites (tertiary alicyclic amines) is 3. The molecule has 0 radical (unpaired) electrons. The number of carboxylic acids is 1. The van der Waals surface area contributed by atoms with E-state index < -0.39 is 44.9 Å². The first-order valence-corrected chi connectivity index (χ1v) is 37.4. The number of nitrogens with one attached hydrogen (secondary N) is 5. The van der Waals surface area contributed by atoms with Crippen molar-refractivity contribution in [1.29, 1.82) is 10.5 Å². The number of carbonyl (C=O) groups is 7. The molecule has 6 amide bonds. The van der Waals surface area contributed by atoms with E-state index in [1.54, 1.807) is 14.7 Å².